The van der Waals surface area contributed by atoms with E-state index >= 15 is 0 Å². The number of anilines is 1. The molecule has 0 N–H and O–H groups in total. The molecule has 0 atom stereocenters. The van der Waals surface area contributed by atoms with Gasteiger partial charge in [-0.2, -0.15) is 11.8 Å². The van der Waals surface area contributed by atoms with Crippen molar-refractivity contribution in [1.29, 1.82) is 0 Å². The van der Waals surface area contributed by atoms with E-state index in [1.54, 1.807) is 0 Å². The molecule has 0 unspecified atom stereocenters. The number of thioether (sulfide) groups is 1. The maximum Gasteiger partial charge on any atom is 0.225 e. The minimum Gasteiger partial charge on any atom is -0.368 e. The molecule has 5 heteroatoms. The summed E-state index contributed by atoms with van der Waals surface area (Å²) in [5.74, 6) is 2.61. The van der Waals surface area contributed by atoms with Gasteiger partial charge in [-0.1, -0.05) is 0 Å². The van der Waals surface area contributed by atoms with Crippen LogP contribution in [0.15, 0.2) is 24.3 Å². The highest BCUT2D eigenvalue weighted by Gasteiger charge is 2.28. The van der Waals surface area contributed by atoms with Crippen molar-refractivity contribution in [3.8, 4) is 0 Å². The number of hydrogen-bond acceptors (Lipinski definition) is 3. The predicted molar refractivity (Wildman–Crippen MR) is 85.2 cm³/mol. The maximum atomic E-state index is 13.0. The van der Waals surface area contributed by atoms with E-state index in [0.717, 1.165) is 56.2 Å². The lowest BCUT2D eigenvalue weighted by atomic mass is 10.0. The molecule has 0 spiro atoms. The minimum atomic E-state index is -0.206. The molecule has 2 saturated heterocycles. The van der Waals surface area contributed by atoms with Crippen molar-refractivity contribution in [3.05, 3.63) is 30.1 Å². The van der Waals surface area contributed by atoms with E-state index in [9.17, 15) is 9.18 Å². The monoisotopic (exact) mass is 308 g/mol. The number of nitrogens with zero attached hydrogens (tertiary/aromatic N) is 2. The molecule has 0 aliphatic carbocycles. The number of hydrogen-bond donors (Lipinski definition) is 0. The maximum absolute atomic E-state index is 13.0. The van der Waals surface area contributed by atoms with E-state index in [4.69, 9.17) is 0 Å². The van der Waals surface area contributed by atoms with E-state index in [0.29, 0.717) is 5.91 Å². The Kier molecular flexibility index (Phi) is 4.68. The van der Waals surface area contributed by atoms with Gasteiger partial charge in [0, 0.05) is 37.8 Å². The molecular formula is C16H21FN2OS. The second-order valence-corrected chi connectivity index (χ2v) is 6.90. The van der Waals surface area contributed by atoms with E-state index < -0.39 is 0 Å². The smallest absolute Gasteiger partial charge is 0.225 e. The summed E-state index contributed by atoms with van der Waals surface area (Å²) in [6, 6.07) is 6.61. The molecule has 2 fully saturated rings. The number of carbonyl (C=O) groups excluding carboxylic acids is 1. The number of amides is 1. The van der Waals surface area contributed by atoms with Crippen LogP contribution in [0.25, 0.3) is 0 Å². The van der Waals surface area contributed by atoms with Crippen LogP contribution in [-0.2, 0) is 4.79 Å². The molecule has 21 heavy (non-hydrogen) atoms. The highest BCUT2D eigenvalue weighted by atomic mass is 32.2. The Morgan fingerprint density at radius 2 is 1.67 bits per heavy atom. The van der Waals surface area contributed by atoms with Gasteiger partial charge in [-0.3, -0.25) is 4.79 Å². The van der Waals surface area contributed by atoms with Crippen molar-refractivity contribution in [2.24, 2.45) is 5.92 Å². The minimum absolute atomic E-state index is 0.206. The number of rotatable bonds is 2. The highest BCUT2D eigenvalue weighted by Crippen LogP contribution is 2.25. The molecule has 3 rings (SSSR count). The zero-order chi connectivity index (χ0) is 14.7. The topological polar surface area (TPSA) is 23.6 Å². The van der Waals surface area contributed by atoms with Gasteiger partial charge in [0.1, 0.15) is 5.82 Å². The standard InChI is InChI=1S/C16H21FN2OS/c17-14-1-3-15(4-2-14)18-7-9-19(10-8-18)16(20)13-5-11-21-12-6-13/h1-4,13H,5-12H2. The van der Waals surface area contributed by atoms with Crippen molar-refractivity contribution in [1.82, 2.24) is 4.90 Å². The lowest BCUT2D eigenvalue weighted by Gasteiger charge is -2.38. The molecule has 0 radical (unpaired) electrons. The third-order valence-electron chi connectivity index (χ3n) is 4.35. The first kappa shape index (κ1) is 14.7. The van der Waals surface area contributed by atoms with Crippen molar-refractivity contribution in [2.45, 2.75) is 12.8 Å². The number of halogens is 1. The molecule has 3 nitrogen and oxygen atoms in total. The summed E-state index contributed by atoms with van der Waals surface area (Å²) in [4.78, 5) is 16.7. The molecule has 0 saturated carbocycles. The van der Waals surface area contributed by atoms with Crippen molar-refractivity contribution in [3.63, 3.8) is 0 Å². The van der Waals surface area contributed by atoms with E-state index in [1.165, 1.54) is 12.1 Å². The number of benzene rings is 1. The fraction of sp³-hybridized carbons (Fsp3) is 0.562. The summed E-state index contributed by atoms with van der Waals surface area (Å²) in [6.07, 6.45) is 2.06. The van der Waals surface area contributed by atoms with Gasteiger partial charge in [0.2, 0.25) is 5.91 Å². The Balaban J connectivity index is 1.54. The van der Waals surface area contributed by atoms with Crippen LogP contribution < -0.4 is 4.90 Å². The first-order chi connectivity index (χ1) is 10.2. The molecule has 0 aromatic heterocycles. The molecule has 1 amide bonds. The van der Waals surface area contributed by atoms with Crippen molar-refractivity contribution >= 4 is 23.4 Å². The van der Waals surface area contributed by atoms with Gasteiger partial charge in [0.15, 0.2) is 0 Å². The van der Waals surface area contributed by atoms with Crippen LogP contribution in [0.1, 0.15) is 12.8 Å². The second-order valence-electron chi connectivity index (χ2n) is 5.68. The van der Waals surface area contributed by atoms with Gasteiger partial charge >= 0.3 is 0 Å². The SMILES string of the molecule is O=C(C1CCSCC1)N1CCN(c2ccc(F)cc2)CC1. The van der Waals surface area contributed by atoms with Crippen LogP contribution >= 0.6 is 11.8 Å². The third kappa shape index (κ3) is 3.51. The predicted octanol–water partition coefficient (Wildman–Crippen LogP) is 2.62. The first-order valence-electron chi connectivity index (χ1n) is 7.61. The molecular weight excluding hydrogens is 287 g/mol. The van der Waals surface area contributed by atoms with Crippen LogP contribution in [0.2, 0.25) is 0 Å². The molecule has 2 aliphatic heterocycles. The van der Waals surface area contributed by atoms with Crippen LogP contribution in [0.5, 0.6) is 0 Å². The van der Waals surface area contributed by atoms with E-state index in [-0.39, 0.29) is 11.7 Å². The largest absolute Gasteiger partial charge is 0.368 e. The average molecular weight is 308 g/mol. The van der Waals surface area contributed by atoms with Gasteiger partial charge < -0.3 is 9.80 Å². The molecule has 1 aromatic carbocycles. The Morgan fingerprint density at radius 3 is 2.29 bits per heavy atom. The summed E-state index contributed by atoms with van der Waals surface area (Å²) >= 11 is 1.95. The van der Waals surface area contributed by atoms with Crippen molar-refractivity contribution < 1.29 is 9.18 Å². The Labute approximate surface area is 129 Å². The number of piperazine rings is 1. The number of carbonyl (C=O) groups is 1. The fourth-order valence-corrected chi connectivity index (χ4v) is 4.15. The summed E-state index contributed by atoms with van der Waals surface area (Å²) in [5, 5.41) is 0. The van der Waals surface area contributed by atoms with Crippen molar-refractivity contribution in [2.75, 3.05) is 42.6 Å². The normalized spacial score (nSPS) is 20.6. The highest BCUT2D eigenvalue weighted by molar-refractivity contribution is 7.99. The Bertz CT molecular complexity index is 480. The van der Waals surface area contributed by atoms with Gasteiger partial charge in [0.05, 0.1) is 0 Å². The van der Waals surface area contributed by atoms with Gasteiger partial charge in [-0.05, 0) is 48.6 Å². The molecule has 2 heterocycles. The average Bonchev–Trinajstić information content (AvgIpc) is 2.56. The zero-order valence-corrected chi connectivity index (χ0v) is 12.9. The lowest BCUT2D eigenvalue weighted by Crippen LogP contribution is -2.50. The van der Waals surface area contributed by atoms with E-state index in [2.05, 4.69) is 4.90 Å². The third-order valence-corrected chi connectivity index (χ3v) is 5.40. The Hall–Kier alpha value is -1.23. The van der Waals surface area contributed by atoms with Crippen LogP contribution in [0.3, 0.4) is 0 Å². The van der Waals surface area contributed by atoms with Gasteiger partial charge in [0.25, 0.3) is 0 Å². The molecule has 1 aromatic rings. The fourth-order valence-electron chi connectivity index (χ4n) is 3.04. The van der Waals surface area contributed by atoms with Crippen LogP contribution in [0.4, 0.5) is 10.1 Å². The summed E-state index contributed by atoms with van der Waals surface area (Å²) < 4.78 is 13.0. The summed E-state index contributed by atoms with van der Waals surface area (Å²) in [5.41, 5.74) is 1.04. The van der Waals surface area contributed by atoms with Gasteiger partial charge in [-0.15, -0.1) is 0 Å². The molecule has 0 bridgehead atoms. The van der Waals surface area contributed by atoms with Crippen LogP contribution in [-0.4, -0.2) is 48.5 Å². The zero-order valence-electron chi connectivity index (χ0n) is 12.1. The Morgan fingerprint density at radius 1 is 1.05 bits per heavy atom. The van der Waals surface area contributed by atoms with E-state index in [1.807, 2.05) is 28.8 Å². The van der Waals surface area contributed by atoms with Crippen LogP contribution in [0, 0.1) is 11.7 Å². The summed E-state index contributed by atoms with van der Waals surface area (Å²) in [6.45, 7) is 3.22. The first-order valence-corrected chi connectivity index (χ1v) is 8.76. The van der Waals surface area contributed by atoms with Gasteiger partial charge in [-0.25, -0.2) is 4.39 Å². The second kappa shape index (κ2) is 6.69. The quantitative estimate of drug-likeness (QED) is 0.839. The lowest BCUT2D eigenvalue weighted by molar-refractivity contribution is -0.136. The molecule has 114 valence electrons. The molecule has 2 aliphatic rings. The summed E-state index contributed by atoms with van der Waals surface area (Å²) in [7, 11) is 0.